The molecule has 3 rings (SSSR count). The summed E-state index contributed by atoms with van der Waals surface area (Å²) in [6.45, 7) is 6.71. The quantitative estimate of drug-likeness (QED) is 0.932. The minimum absolute atomic E-state index is 0.0579. The topological polar surface area (TPSA) is 48.5 Å². The van der Waals surface area contributed by atoms with Crippen molar-refractivity contribution < 1.29 is 4.79 Å². The molecule has 0 bridgehead atoms. The first-order valence-corrected chi connectivity index (χ1v) is 8.95. The molecule has 2 amide bonds. The van der Waals surface area contributed by atoms with Crippen LogP contribution >= 0.6 is 0 Å². The first-order valence-electron chi connectivity index (χ1n) is 8.95. The van der Waals surface area contributed by atoms with E-state index in [-0.39, 0.29) is 6.03 Å². The molecule has 0 radical (unpaired) electrons. The molecule has 1 N–H and O–H groups in total. The van der Waals surface area contributed by atoms with E-state index >= 15 is 0 Å². The Morgan fingerprint density at radius 1 is 1.26 bits per heavy atom. The third-order valence-corrected chi connectivity index (χ3v) is 4.89. The third kappa shape index (κ3) is 4.36. The average molecular weight is 316 g/mol. The Kier molecular flexibility index (Phi) is 5.36. The van der Waals surface area contributed by atoms with E-state index in [1.807, 2.05) is 17.2 Å². The Morgan fingerprint density at radius 2 is 2.04 bits per heavy atom. The van der Waals surface area contributed by atoms with Crippen molar-refractivity contribution in [1.29, 1.82) is 0 Å². The number of hydrogen-bond acceptors (Lipinski definition) is 3. The molecule has 3 heterocycles. The van der Waals surface area contributed by atoms with Gasteiger partial charge in [-0.3, -0.25) is 0 Å². The molecule has 23 heavy (non-hydrogen) atoms. The third-order valence-electron chi connectivity index (χ3n) is 4.89. The van der Waals surface area contributed by atoms with Gasteiger partial charge in [-0.25, -0.2) is 9.78 Å². The number of anilines is 1. The first-order chi connectivity index (χ1) is 11.2. The maximum Gasteiger partial charge on any atom is 0.317 e. The van der Waals surface area contributed by atoms with Crippen molar-refractivity contribution in [3.8, 4) is 0 Å². The highest BCUT2D eigenvalue weighted by atomic mass is 16.2. The number of likely N-dealkylation sites (tertiary alicyclic amines) is 1. The molecule has 2 aliphatic rings. The molecule has 1 aromatic rings. The van der Waals surface area contributed by atoms with E-state index in [1.54, 1.807) is 0 Å². The van der Waals surface area contributed by atoms with E-state index in [0.717, 1.165) is 44.0 Å². The van der Waals surface area contributed by atoms with Crippen LogP contribution in [0.1, 0.15) is 44.6 Å². The predicted octanol–water partition coefficient (Wildman–Crippen LogP) is 3.01. The monoisotopic (exact) mass is 316 g/mol. The van der Waals surface area contributed by atoms with E-state index in [4.69, 9.17) is 0 Å². The lowest BCUT2D eigenvalue weighted by atomic mass is 10.2. The average Bonchev–Trinajstić information content (AvgIpc) is 2.84. The van der Waals surface area contributed by atoms with Gasteiger partial charge in [0.1, 0.15) is 5.82 Å². The van der Waals surface area contributed by atoms with E-state index < -0.39 is 0 Å². The van der Waals surface area contributed by atoms with Gasteiger partial charge in [-0.05, 0) is 42.9 Å². The van der Waals surface area contributed by atoms with Crippen LogP contribution in [0.2, 0.25) is 0 Å². The summed E-state index contributed by atoms with van der Waals surface area (Å²) in [5, 5.41) is 3.04. The van der Waals surface area contributed by atoms with Gasteiger partial charge in [0.05, 0.1) is 0 Å². The molecule has 2 aliphatic heterocycles. The van der Waals surface area contributed by atoms with Crippen molar-refractivity contribution in [1.82, 2.24) is 15.2 Å². The van der Waals surface area contributed by atoms with E-state index in [0.29, 0.717) is 12.5 Å². The fourth-order valence-corrected chi connectivity index (χ4v) is 3.45. The number of pyridine rings is 1. The van der Waals surface area contributed by atoms with Crippen LogP contribution < -0.4 is 10.2 Å². The normalized spacial score (nSPS) is 22.0. The number of rotatable bonds is 3. The summed E-state index contributed by atoms with van der Waals surface area (Å²) in [4.78, 5) is 21.0. The van der Waals surface area contributed by atoms with Crippen LogP contribution in [0, 0.1) is 5.92 Å². The highest BCUT2D eigenvalue weighted by Gasteiger charge is 2.22. The Balaban J connectivity index is 1.55. The van der Waals surface area contributed by atoms with Crippen LogP contribution in [0.5, 0.6) is 0 Å². The first kappa shape index (κ1) is 16.1. The largest absolute Gasteiger partial charge is 0.357 e. The molecule has 0 saturated carbocycles. The minimum Gasteiger partial charge on any atom is -0.357 e. The number of nitrogens with zero attached hydrogens (tertiary/aromatic N) is 3. The maximum atomic E-state index is 12.2. The van der Waals surface area contributed by atoms with Crippen LogP contribution in [0.3, 0.4) is 0 Å². The van der Waals surface area contributed by atoms with Crippen LogP contribution in [-0.2, 0) is 6.54 Å². The van der Waals surface area contributed by atoms with Crippen LogP contribution in [0.4, 0.5) is 10.6 Å². The Morgan fingerprint density at radius 3 is 2.74 bits per heavy atom. The molecule has 5 nitrogen and oxygen atoms in total. The zero-order valence-electron chi connectivity index (χ0n) is 14.1. The number of urea groups is 1. The Bertz CT molecular complexity index is 526. The van der Waals surface area contributed by atoms with Crippen molar-refractivity contribution in [2.24, 2.45) is 5.92 Å². The number of carbonyl (C=O) groups excluding carboxylic acids is 1. The standard InChI is InChI=1S/C18H28N4O/c1-15-7-11-22(14-15)18(23)20-13-16-6-8-19-17(12-16)21-9-4-2-3-5-10-21/h6,8,12,15H,2-5,7,9-11,13-14H2,1H3,(H,20,23). The van der Waals surface area contributed by atoms with Crippen molar-refractivity contribution in [3.05, 3.63) is 23.9 Å². The van der Waals surface area contributed by atoms with Gasteiger partial charge in [0, 0.05) is 38.9 Å². The molecule has 0 aliphatic carbocycles. The zero-order valence-corrected chi connectivity index (χ0v) is 14.1. The lowest BCUT2D eigenvalue weighted by molar-refractivity contribution is 0.207. The molecule has 126 valence electrons. The van der Waals surface area contributed by atoms with Gasteiger partial charge in [-0.1, -0.05) is 19.8 Å². The van der Waals surface area contributed by atoms with Gasteiger partial charge in [-0.15, -0.1) is 0 Å². The van der Waals surface area contributed by atoms with Gasteiger partial charge in [0.25, 0.3) is 0 Å². The summed E-state index contributed by atoms with van der Waals surface area (Å²) in [7, 11) is 0. The molecule has 2 saturated heterocycles. The van der Waals surface area contributed by atoms with Crippen LogP contribution in [0.15, 0.2) is 18.3 Å². The second-order valence-electron chi connectivity index (χ2n) is 6.92. The van der Waals surface area contributed by atoms with Gasteiger partial charge < -0.3 is 15.1 Å². The van der Waals surface area contributed by atoms with Crippen LogP contribution in [0.25, 0.3) is 0 Å². The maximum absolute atomic E-state index is 12.2. The predicted molar refractivity (Wildman–Crippen MR) is 92.5 cm³/mol. The highest BCUT2D eigenvalue weighted by Crippen LogP contribution is 2.18. The minimum atomic E-state index is 0.0579. The Hall–Kier alpha value is -1.78. The summed E-state index contributed by atoms with van der Waals surface area (Å²) in [6, 6.07) is 4.18. The molecular weight excluding hydrogens is 288 g/mol. The highest BCUT2D eigenvalue weighted by molar-refractivity contribution is 5.74. The lowest BCUT2D eigenvalue weighted by Gasteiger charge is -2.22. The smallest absolute Gasteiger partial charge is 0.317 e. The molecule has 1 atom stereocenters. The fraction of sp³-hybridized carbons (Fsp3) is 0.667. The number of aromatic nitrogens is 1. The summed E-state index contributed by atoms with van der Waals surface area (Å²) < 4.78 is 0. The zero-order chi connectivity index (χ0) is 16.1. The van der Waals surface area contributed by atoms with E-state index in [1.165, 1.54) is 25.7 Å². The number of carbonyl (C=O) groups is 1. The van der Waals surface area contributed by atoms with Crippen molar-refractivity contribution in [3.63, 3.8) is 0 Å². The van der Waals surface area contributed by atoms with E-state index in [2.05, 4.69) is 28.2 Å². The second-order valence-corrected chi connectivity index (χ2v) is 6.92. The molecule has 2 fully saturated rings. The van der Waals surface area contributed by atoms with Crippen molar-refractivity contribution >= 4 is 11.8 Å². The fourth-order valence-electron chi connectivity index (χ4n) is 3.45. The molecular formula is C18H28N4O. The summed E-state index contributed by atoms with van der Waals surface area (Å²) in [5.41, 5.74) is 1.12. The summed E-state index contributed by atoms with van der Waals surface area (Å²) >= 11 is 0. The van der Waals surface area contributed by atoms with Gasteiger partial charge in [0.2, 0.25) is 0 Å². The molecule has 1 unspecified atom stereocenters. The number of amides is 2. The van der Waals surface area contributed by atoms with Crippen molar-refractivity contribution in [2.45, 2.75) is 45.6 Å². The summed E-state index contributed by atoms with van der Waals surface area (Å²) in [6.07, 6.45) is 8.11. The van der Waals surface area contributed by atoms with Gasteiger partial charge in [-0.2, -0.15) is 0 Å². The van der Waals surface area contributed by atoms with Crippen LogP contribution in [-0.4, -0.2) is 42.1 Å². The SMILES string of the molecule is CC1CCN(C(=O)NCc2ccnc(N3CCCCCC3)c2)C1. The molecule has 0 spiro atoms. The number of hydrogen-bond donors (Lipinski definition) is 1. The van der Waals surface area contributed by atoms with Crippen molar-refractivity contribution in [2.75, 3.05) is 31.1 Å². The molecule has 0 aromatic carbocycles. The Labute approximate surface area is 139 Å². The second kappa shape index (κ2) is 7.66. The number of nitrogens with one attached hydrogen (secondary N) is 1. The van der Waals surface area contributed by atoms with Gasteiger partial charge in [0.15, 0.2) is 0 Å². The lowest BCUT2D eigenvalue weighted by Crippen LogP contribution is -2.38. The summed E-state index contributed by atoms with van der Waals surface area (Å²) in [5.74, 6) is 1.67. The molecule has 1 aromatic heterocycles. The molecule has 5 heteroatoms. The van der Waals surface area contributed by atoms with Gasteiger partial charge >= 0.3 is 6.03 Å². The van der Waals surface area contributed by atoms with E-state index in [9.17, 15) is 4.79 Å².